The lowest BCUT2D eigenvalue weighted by atomic mass is 10.3. The van der Waals surface area contributed by atoms with Crippen LogP contribution in [0.5, 0.6) is 0 Å². The average molecular weight is 301 g/mol. The fourth-order valence-electron chi connectivity index (χ4n) is 2.32. The van der Waals surface area contributed by atoms with Crippen LogP contribution in [0.2, 0.25) is 0 Å². The number of pyridine rings is 1. The number of ether oxygens (including phenoxy) is 1. The van der Waals surface area contributed by atoms with Gasteiger partial charge in [-0.3, -0.25) is 9.48 Å². The monoisotopic (exact) mass is 301 g/mol. The molecule has 1 fully saturated rings. The highest BCUT2D eigenvalue weighted by Gasteiger charge is 2.16. The first-order chi connectivity index (χ1) is 10.7. The molecule has 7 heteroatoms. The summed E-state index contributed by atoms with van der Waals surface area (Å²) in [6.45, 7) is 4.94. The van der Waals surface area contributed by atoms with Gasteiger partial charge in [0.2, 0.25) is 5.91 Å². The number of nitrogens with one attached hydrogen (secondary N) is 1. The van der Waals surface area contributed by atoms with Crippen molar-refractivity contribution >= 4 is 17.4 Å². The molecule has 7 nitrogen and oxygen atoms in total. The third-order valence-electron chi connectivity index (χ3n) is 3.65. The van der Waals surface area contributed by atoms with E-state index in [2.05, 4.69) is 20.3 Å². The van der Waals surface area contributed by atoms with Gasteiger partial charge in [-0.05, 0) is 25.1 Å². The van der Waals surface area contributed by atoms with Crippen LogP contribution < -0.4 is 10.2 Å². The molecule has 22 heavy (non-hydrogen) atoms. The molecular formula is C15H19N5O2. The molecule has 116 valence electrons. The second kappa shape index (κ2) is 6.57. The zero-order valence-corrected chi connectivity index (χ0v) is 12.5. The predicted octanol–water partition coefficient (Wildman–Crippen LogP) is 1.31. The average Bonchev–Trinajstić information content (AvgIpc) is 3.10. The van der Waals surface area contributed by atoms with Crippen LogP contribution in [0.3, 0.4) is 0 Å². The van der Waals surface area contributed by atoms with Crippen LogP contribution in [0.4, 0.5) is 11.5 Å². The summed E-state index contributed by atoms with van der Waals surface area (Å²) in [5.74, 6) is 0.783. The first kappa shape index (κ1) is 14.5. The maximum absolute atomic E-state index is 12.2. The Morgan fingerprint density at radius 3 is 2.82 bits per heavy atom. The van der Waals surface area contributed by atoms with Crippen molar-refractivity contribution < 1.29 is 9.53 Å². The highest BCUT2D eigenvalue weighted by Crippen LogP contribution is 2.16. The third kappa shape index (κ3) is 3.25. The van der Waals surface area contributed by atoms with Crippen molar-refractivity contribution in [2.45, 2.75) is 13.0 Å². The lowest BCUT2D eigenvalue weighted by Gasteiger charge is -2.27. The van der Waals surface area contributed by atoms with Gasteiger partial charge < -0.3 is 15.0 Å². The first-order valence-corrected chi connectivity index (χ1v) is 7.33. The van der Waals surface area contributed by atoms with Crippen molar-refractivity contribution in [1.82, 2.24) is 14.8 Å². The van der Waals surface area contributed by atoms with Crippen molar-refractivity contribution in [3.05, 3.63) is 36.8 Å². The Morgan fingerprint density at radius 1 is 1.36 bits per heavy atom. The van der Waals surface area contributed by atoms with Gasteiger partial charge in [0.15, 0.2) is 0 Å². The van der Waals surface area contributed by atoms with Crippen LogP contribution in [-0.4, -0.2) is 47.0 Å². The molecule has 1 amide bonds. The molecule has 0 bridgehead atoms. The topological polar surface area (TPSA) is 72.3 Å². The molecule has 1 atom stereocenters. The lowest BCUT2D eigenvalue weighted by molar-refractivity contribution is -0.119. The largest absolute Gasteiger partial charge is 0.378 e. The van der Waals surface area contributed by atoms with E-state index < -0.39 is 0 Å². The molecule has 1 N–H and O–H groups in total. The highest BCUT2D eigenvalue weighted by atomic mass is 16.5. The van der Waals surface area contributed by atoms with Crippen molar-refractivity contribution in [2.75, 3.05) is 36.5 Å². The summed E-state index contributed by atoms with van der Waals surface area (Å²) in [6, 6.07) is 5.21. The molecule has 1 aliphatic heterocycles. The van der Waals surface area contributed by atoms with Crippen molar-refractivity contribution in [3.63, 3.8) is 0 Å². The summed E-state index contributed by atoms with van der Waals surface area (Å²) in [5, 5.41) is 6.93. The van der Waals surface area contributed by atoms with Gasteiger partial charge in [0.1, 0.15) is 11.9 Å². The standard InChI is InChI=1S/C15H19N5O2/c1-12(20-6-2-5-17-20)15(21)18-13-3-4-14(16-11-13)19-7-9-22-10-8-19/h2-6,11-12H,7-10H2,1H3,(H,18,21)/t12-/m0/s1. The van der Waals surface area contributed by atoms with Gasteiger partial charge in [-0.25, -0.2) is 4.98 Å². The molecule has 1 saturated heterocycles. The van der Waals surface area contributed by atoms with E-state index in [9.17, 15) is 4.79 Å². The van der Waals surface area contributed by atoms with Gasteiger partial charge in [-0.2, -0.15) is 5.10 Å². The summed E-state index contributed by atoms with van der Waals surface area (Å²) >= 11 is 0. The quantitative estimate of drug-likeness (QED) is 0.922. The smallest absolute Gasteiger partial charge is 0.248 e. The number of hydrogen-bond donors (Lipinski definition) is 1. The fourth-order valence-corrected chi connectivity index (χ4v) is 2.32. The summed E-state index contributed by atoms with van der Waals surface area (Å²) in [6.07, 6.45) is 5.10. The minimum atomic E-state index is -0.367. The Labute approximate surface area is 128 Å². The summed E-state index contributed by atoms with van der Waals surface area (Å²) < 4.78 is 6.94. The van der Waals surface area contributed by atoms with Crippen LogP contribution in [0.1, 0.15) is 13.0 Å². The maximum Gasteiger partial charge on any atom is 0.248 e. The third-order valence-corrected chi connectivity index (χ3v) is 3.65. The number of morpholine rings is 1. The normalized spacial score (nSPS) is 16.3. The SMILES string of the molecule is C[C@@H](C(=O)Nc1ccc(N2CCOCC2)nc1)n1cccn1. The zero-order valence-electron chi connectivity index (χ0n) is 12.5. The molecule has 0 radical (unpaired) electrons. The number of anilines is 2. The highest BCUT2D eigenvalue weighted by molar-refractivity contribution is 5.93. The number of aromatic nitrogens is 3. The second-order valence-corrected chi connectivity index (χ2v) is 5.16. The number of hydrogen-bond acceptors (Lipinski definition) is 5. The second-order valence-electron chi connectivity index (χ2n) is 5.16. The van der Waals surface area contributed by atoms with Crippen LogP contribution >= 0.6 is 0 Å². The zero-order chi connectivity index (χ0) is 15.4. The number of nitrogens with zero attached hydrogens (tertiary/aromatic N) is 4. The van der Waals surface area contributed by atoms with Gasteiger partial charge >= 0.3 is 0 Å². The van der Waals surface area contributed by atoms with E-state index in [1.807, 2.05) is 12.1 Å². The minimum absolute atomic E-state index is 0.121. The molecule has 0 aromatic carbocycles. The predicted molar refractivity (Wildman–Crippen MR) is 82.8 cm³/mol. The van der Waals surface area contributed by atoms with E-state index in [-0.39, 0.29) is 11.9 Å². The van der Waals surface area contributed by atoms with Crippen LogP contribution in [0, 0.1) is 0 Å². The molecule has 1 aliphatic rings. The van der Waals surface area contributed by atoms with Gasteiger partial charge in [0.25, 0.3) is 0 Å². The first-order valence-electron chi connectivity index (χ1n) is 7.33. The van der Waals surface area contributed by atoms with Gasteiger partial charge in [-0.1, -0.05) is 0 Å². The van der Waals surface area contributed by atoms with E-state index in [0.29, 0.717) is 5.69 Å². The lowest BCUT2D eigenvalue weighted by Crippen LogP contribution is -2.36. The van der Waals surface area contributed by atoms with E-state index >= 15 is 0 Å². The number of rotatable bonds is 4. The number of amides is 1. The maximum atomic E-state index is 12.2. The summed E-state index contributed by atoms with van der Waals surface area (Å²) in [5.41, 5.74) is 0.681. The van der Waals surface area contributed by atoms with Gasteiger partial charge in [0, 0.05) is 25.5 Å². The fraction of sp³-hybridized carbons (Fsp3) is 0.400. The summed E-state index contributed by atoms with van der Waals surface area (Å²) in [7, 11) is 0. The van der Waals surface area contributed by atoms with Crippen LogP contribution in [0.15, 0.2) is 36.8 Å². The number of carbonyl (C=O) groups is 1. The van der Waals surface area contributed by atoms with E-state index in [1.54, 1.807) is 36.3 Å². The molecule has 3 rings (SSSR count). The van der Waals surface area contributed by atoms with Gasteiger partial charge in [-0.15, -0.1) is 0 Å². The summed E-state index contributed by atoms with van der Waals surface area (Å²) in [4.78, 5) is 18.7. The Bertz CT molecular complexity index is 605. The Morgan fingerprint density at radius 2 is 2.18 bits per heavy atom. The van der Waals surface area contributed by atoms with Gasteiger partial charge in [0.05, 0.1) is 25.1 Å². The molecule has 0 unspecified atom stereocenters. The Balaban J connectivity index is 1.62. The van der Waals surface area contributed by atoms with E-state index in [1.165, 1.54) is 0 Å². The Kier molecular flexibility index (Phi) is 4.34. The molecule has 0 spiro atoms. The van der Waals surface area contributed by atoms with Crippen molar-refractivity contribution in [2.24, 2.45) is 0 Å². The van der Waals surface area contributed by atoms with Crippen LogP contribution in [-0.2, 0) is 9.53 Å². The van der Waals surface area contributed by atoms with Crippen molar-refractivity contribution in [3.8, 4) is 0 Å². The van der Waals surface area contributed by atoms with Crippen molar-refractivity contribution in [1.29, 1.82) is 0 Å². The number of carbonyl (C=O) groups excluding carboxylic acids is 1. The molecule has 2 aromatic rings. The molecule has 0 aliphatic carbocycles. The minimum Gasteiger partial charge on any atom is -0.378 e. The molecule has 0 saturated carbocycles. The van der Waals surface area contributed by atoms with E-state index in [4.69, 9.17) is 4.74 Å². The molecular weight excluding hydrogens is 282 g/mol. The molecule has 3 heterocycles. The Hall–Kier alpha value is -2.41. The van der Waals surface area contributed by atoms with Crippen LogP contribution in [0.25, 0.3) is 0 Å². The van der Waals surface area contributed by atoms with E-state index in [0.717, 1.165) is 32.1 Å². The molecule has 2 aromatic heterocycles.